The molecule has 2 aromatic rings. The van der Waals surface area contributed by atoms with Crippen molar-refractivity contribution < 1.29 is 39.5 Å². The molecule has 1 heterocycles. The summed E-state index contributed by atoms with van der Waals surface area (Å²) in [5, 5.41) is 49.1. The number of nitrogens with two attached hydrogens (primary N) is 2. The fourth-order valence-corrected chi connectivity index (χ4v) is 3.90. The van der Waals surface area contributed by atoms with Gasteiger partial charge in [-0.05, 0) is 37.4 Å². The van der Waals surface area contributed by atoms with Gasteiger partial charge in [0.15, 0.2) is 10.8 Å². The molecule has 0 aliphatic rings. The number of anilines is 1. The van der Waals surface area contributed by atoms with Gasteiger partial charge in [-0.3, -0.25) is 9.59 Å². The number of oxime groups is 1. The first kappa shape index (κ1) is 32.8. The van der Waals surface area contributed by atoms with Crippen molar-refractivity contribution in [3.63, 3.8) is 0 Å². The van der Waals surface area contributed by atoms with Crippen LogP contribution in [0.1, 0.15) is 40.9 Å². The van der Waals surface area contributed by atoms with E-state index in [-0.39, 0.29) is 46.5 Å². The van der Waals surface area contributed by atoms with Crippen molar-refractivity contribution in [2.75, 3.05) is 19.0 Å². The smallest absolute Gasteiger partial charge is 0.475 e. The van der Waals surface area contributed by atoms with Crippen LogP contribution in [-0.4, -0.2) is 81.5 Å². The van der Waals surface area contributed by atoms with Gasteiger partial charge in [-0.1, -0.05) is 23.7 Å². The molecule has 1 aromatic carbocycles. The molecule has 0 radical (unpaired) electrons. The second-order valence-corrected chi connectivity index (χ2v) is 8.71. The van der Waals surface area contributed by atoms with E-state index in [1.54, 1.807) is 0 Å². The zero-order valence-corrected chi connectivity index (χ0v) is 22.0. The molecule has 0 unspecified atom stereocenters. The molecule has 0 aliphatic heterocycles. The number of unbranched alkanes of at least 4 members (excludes halogenated alkanes) is 1. The second-order valence-electron chi connectivity index (χ2n) is 7.86. The van der Waals surface area contributed by atoms with E-state index in [0.29, 0.717) is 19.4 Å². The number of hydrogen-bond donors (Lipinski definition) is 8. The summed E-state index contributed by atoms with van der Waals surface area (Å²) in [6.07, 6.45) is 1.55. The van der Waals surface area contributed by atoms with Crippen LogP contribution in [-0.2, 0) is 20.8 Å². The van der Waals surface area contributed by atoms with Gasteiger partial charge in [0.05, 0.1) is 12.0 Å². The van der Waals surface area contributed by atoms with Crippen molar-refractivity contribution in [1.29, 1.82) is 0 Å². The van der Waals surface area contributed by atoms with Gasteiger partial charge in [0, 0.05) is 5.38 Å². The van der Waals surface area contributed by atoms with Crippen molar-refractivity contribution in [1.82, 2.24) is 10.3 Å². The van der Waals surface area contributed by atoms with Gasteiger partial charge in [0.1, 0.15) is 24.1 Å². The number of para-hydroxylation sites is 1. The molecule has 0 spiro atoms. The van der Waals surface area contributed by atoms with E-state index < -0.39 is 42.6 Å². The summed E-state index contributed by atoms with van der Waals surface area (Å²) in [6, 6.07) is 3.16. The van der Waals surface area contributed by atoms with Crippen molar-refractivity contribution in [2.24, 2.45) is 16.6 Å². The Morgan fingerprint density at radius 1 is 1.26 bits per heavy atom. The van der Waals surface area contributed by atoms with Gasteiger partial charge in [-0.15, -0.1) is 23.7 Å². The lowest BCUT2D eigenvalue weighted by molar-refractivity contribution is -0.117. The molecule has 0 aliphatic carbocycles. The Kier molecular flexibility index (Phi) is 13.7. The van der Waals surface area contributed by atoms with Crippen molar-refractivity contribution >= 4 is 59.5 Å². The standard InChI is InChI=1S/C21H29BN6O8S.ClH/c1-36-28-16(14-10-37-21(25-14)27-18(30)13(24)7-2-3-8-23)19(31)26-15(22(34)35)9-11-5-4-6-12(17(11)29)20(32)33;/h4-6,10,13,15,29,34-35H,2-3,7-9,23-24H2,1H3,(H,26,31)(H,32,33)(H,25,27,30);1H/t13-,15-;/m0./s1. The Morgan fingerprint density at radius 3 is 2.58 bits per heavy atom. The summed E-state index contributed by atoms with van der Waals surface area (Å²) in [4.78, 5) is 45.4. The molecule has 2 rings (SSSR count). The number of carbonyl (C=O) groups is 3. The monoisotopic (exact) mass is 572 g/mol. The number of nitrogens with zero attached hydrogens (tertiary/aromatic N) is 2. The number of nitrogens with one attached hydrogen (secondary N) is 2. The summed E-state index contributed by atoms with van der Waals surface area (Å²) in [7, 11) is -0.886. The maximum atomic E-state index is 12.9. The summed E-state index contributed by atoms with van der Waals surface area (Å²) in [5.74, 6) is -4.67. The minimum Gasteiger partial charge on any atom is -0.507 e. The largest absolute Gasteiger partial charge is 0.507 e. The number of aromatic carboxylic acids is 1. The summed E-state index contributed by atoms with van der Waals surface area (Å²) in [5.41, 5.74) is 10.7. The van der Waals surface area contributed by atoms with Crippen molar-refractivity contribution in [3.8, 4) is 5.75 Å². The molecule has 0 saturated carbocycles. The Balaban J connectivity index is 0.00000722. The number of aromatic hydroxyl groups is 1. The van der Waals surface area contributed by atoms with Gasteiger partial charge < -0.3 is 47.2 Å². The van der Waals surface area contributed by atoms with E-state index in [1.165, 1.54) is 30.7 Å². The van der Waals surface area contributed by atoms with E-state index in [1.807, 2.05) is 0 Å². The van der Waals surface area contributed by atoms with Crippen molar-refractivity contribution in [2.45, 2.75) is 37.7 Å². The predicted molar refractivity (Wildman–Crippen MR) is 143 cm³/mol. The number of amides is 2. The Hall–Kier alpha value is -3.28. The number of hydrogen-bond acceptors (Lipinski definition) is 12. The topological polar surface area (TPSA) is 243 Å². The van der Waals surface area contributed by atoms with E-state index >= 15 is 0 Å². The molecule has 10 N–H and O–H groups in total. The minimum absolute atomic E-state index is 0. The van der Waals surface area contributed by atoms with Gasteiger partial charge in [-0.25, -0.2) is 9.78 Å². The maximum absolute atomic E-state index is 12.9. The van der Waals surface area contributed by atoms with Crippen LogP contribution in [0.25, 0.3) is 0 Å². The summed E-state index contributed by atoms with van der Waals surface area (Å²) < 4.78 is 0. The van der Waals surface area contributed by atoms with E-state index in [2.05, 4.69) is 20.8 Å². The van der Waals surface area contributed by atoms with Gasteiger partial charge >= 0.3 is 13.1 Å². The number of thiazole rings is 1. The number of carboxylic acid groups (broad SMARTS) is 1. The zero-order chi connectivity index (χ0) is 27.5. The molecular formula is C21H30BClN6O8S. The molecule has 0 bridgehead atoms. The van der Waals surface area contributed by atoms with Crippen LogP contribution in [0.2, 0.25) is 0 Å². The first-order valence-corrected chi connectivity index (χ1v) is 12.0. The number of aromatic nitrogens is 1. The van der Waals surface area contributed by atoms with E-state index in [4.69, 9.17) is 16.3 Å². The van der Waals surface area contributed by atoms with Crippen LogP contribution in [0.5, 0.6) is 5.75 Å². The predicted octanol–water partition coefficient (Wildman–Crippen LogP) is -0.546. The lowest BCUT2D eigenvalue weighted by Gasteiger charge is -2.19. The zero-order valence-electron chi connectivity index (χ0n) is 20.4. The Morgan fingerprint density at radius 2 is 1.97 bits per heavy atom. The Bertz CT molecular complexity index is 1130. The second kappa shape index (κ2) is 15.9. The highest BCUT2D eigenvalue weighted by atomic mass is 35.5. The molecule has 17 heteroatoms. The third-order valence-electron chi connectivity index (χ3n) is 5.15. The van der Waals surface area contributed by atoms with Crippen LogP contribution in [0.4, 0.5) is 5.13 Å². The number of rotatable bonds is 14. The van der Waals surface area contributed by atoms with Crippen LogP contribution in [0.3, 0.4) is 0 Å². The van der Waals surface area contributed by atoms with Crippen LogP contribution >= 0.6 is 23.7 Å². The highest BCUT2D eigenvalue weighted by Gasteiger charge is 2.30. The fraction of sp³-hybridized carbons (Fsp3) is 0.381. The summed E-state index contributed by atoms with van der Waals surface area (Å²) >= 11 is 1.01. The molecule has 14 nitrogen and oxygen atoms in total. The van der Waals surface area contributed by atoms with Gasteiger partial charge in [0.2, 0.25) is 5.91 Å². The normalized spacial score (nSPS) is 12.6. The molecule has 2 atom stereocenters. The number of halogens is 1. The maximum Gasteiger partial charge on any atom is 0.475 e. The van der Waals surface area contributed by atoms with Crippen LogP contribution in [0, 0.1) is 0 Å². The average Bonchev–Trinajstić information content (AvgIpc) is 3.30. The highest BCUT2D eigenvalue weighted by molar-refractivity contribution is 7.14. The summed E-state index contributed by atoms with van der Waals surface area (Å²) in [6.45, 7) is 0.498. The third-order valence-corrected chi connectivity index (χ3v) is 5.90. The minimum atomic E-state index is -2.08. The lowest BCUT2D eigenvalue weighted by atomic mass is 9.75. The SMILES string of the molecule is CON=C(C(=O)N[C@@H](Cc1cccc(C(=O)O)c1O)B(O)O)c1csc(NC(=O)[C@@H](N)CCCCN)n1.Cl. The average molecular weight is 573 g/mol. The number of carbonyl (C=O) groups excluding carboxylic acids is 2. The molecule has 1 aromatic heterocycles. The third kappa shape index (κ3) is 9.23. The van der Waals surface area contributed by atoms with Gasteiger partial charge in [-0.2, -0.15) is 0 Å². The van der Waals surface area contributed by atoms with E-state index in [0.717, 1.165) is 17.8 Å². The molecule has 2 amide bonds. The van der Waals surface area contributed by atoms with Crippen LogP contribution in [0.15, 0.2) is 28.7 Å². The Labute approximate surface area is 228 Å². The molecular weight excluding hydrogens is 543 g/mol. The quantitative estimate of drug-likeness (QED) is 0.0618. The number of benzene rings is 1. The molecule has 0 fully saturated rings. The molecule has 0 saturated heterocycles. The van der Waals surface area contributed by atoms with E-state index in [9.17, 15) is 34.6 Å². The number of phenols is 1. The number of carboxylic acids is 1. The first-order chi connectivity index (χ1) is 17.6. The molecule has 208 valence electrons. The van der Waals surface area contributed by atoms with Gasteiger partial charge in [0.25, 0.3) is 5.91 Å². The molecule has 38 heavy (non-hydrogen) atoms. The first-order valence-electron chi connectivity index (χ1n) is 11.1. The van der Waals surface area contributed by atoms with Crippen molar-refractivity contribution in [3.05, 3.63) is 40.4 Å². The fourth-order valence-electron chi connectivity index (χ4n) is 3.21. The van der Waals surface area contributed by atoms with Crippen LogP contribution < -0.4 is 22.1 Å². The highest BCUT2D eigenvalue weighted by Crippen LogP contribution is 2.24. The lowest BCUT2D eigenvalue weighted by Crippen LogP contribution is -2.50.